The summed E-state index contributed by atoms with van der Waals surface area (Å²) < 4.78 is 1.73. The van der Waals surface area contributed by atoms with Crippen LogP contribution in [-0.2, 0) is 11.3 Å². The topological polar surface area (TPSA) is 87.1 Å². The van der Waals surface area contributed by atoms with E-state index in [1.807, 2.05) is 6.07 Å². The lowest BCUT2D eigenvalue weighted by atomic mass is 10.1. The molecule has 1 amide bonds. The molecule has 0 atom stereocenters. The number of para-hydroxylation sites is 1. The molecule has 1 saturated carbocycles. The predicted molar refractivity (Wildman–Crippen MR) is 89.8 cm³/mol. The summed E-state index contributed by atoms with van der Waals surface area (Å²) in [5.74, 6) is -0.140. The first-order chi connectivity index (χ1) is 11.0. The highest BCUT2D eigenvalue weighted by Gasteiger charge is 2.41. The first-order valence-electron chi connectivity index (χ1n) is 7.64. The Labute approximate surface area is 138 Å². The molecule has 1 aliphatic rings. The van der Waals surface area contributed by atoms with Crippen molar-refractivity contribution >= 4 is 29.0 Å². The number of aliphatic hydroxyl groups excluding tert-OH is 1. The number of nitrogens with one attached hydrogen (secondary N) is 2. The number of aromatic amines is 1. The number of hydrogen-bond acceptors (Lipinski definition) is 4. The van der Waals surface area contributed by atoms with Gasteiger partial charge in [-0.2, -0.15) is 0 Å². The minimum Gasteiger partial charge on any atom is -0.396 e. The Morgan fingerprint density at radius 2 is 2.13 bits per heavy atom. The van der Waals surface area contributed by atoms with E-state index in [-0.39, 0.29) is 36.5 Å². The van der Waals surface area contributed by atoms with Crippen LogP contribution in [0, 0.1) is 10.2 Å². The molecule has 1 aliphatic carbocycles. The molecule has 1 heterocycles. The second-order valence-electron chi connectivity index (χ2n) is 6.12. The van der Waals surface area contributed by atoms with Crippen LogP contribution in [0.15, 0.2) is 29.1 Å². The maximum absolute atomic E-state index is 12.4. The molecule has 23 heavy (non-hydrogen) atoms. The fourth-order valence-corrected chi connectivity index (χ4v) is 2.84. The van der Waals surface area contributed by atoms with Crippen LogP contribution in [0.4, 0.5) is 0 Å². The van der Waals surface area contributed by atoms with Gasteiger partial charge in [-0.25, -0.2) is 0 Å². The Morgan fingerprint density at radius 1 is 1.39 bits per heavy atom. The number of amides is 1. The van der Waals surface area contributed by atoms with Gasteiger partial charge in [0.15, 0.2) is 4.77 Å². The zero-order chi connectivity index (χ0) is 16.4. The van der Waals surface area contributed by atoms with E-state index in [1.54, 1.807) is 18.2 Å². The van der Waals surface area contributed by atoms with Crippen molar-refractivity contribution in [3.05, 3.63) is 39.4 Å². The minimum absolute atomic E-state index is 0.0999. The molecule has 0 bridgehead atoms. The normalized spacial score (nSPS) is 15.5. The number of hydrogen-bond donors (Lipinski definition) is 3. The van der Waals surface area contributed by atoms with E-state index in [2.05, 4.69) is 10.3 Å². The van der Waals surface area contributed by atoms with Crippen LogP contribution in [0.2, 0.25) is 0 Å². The second-order valence-corrected chi connectivity index (χ2v) is 6.50. The van der Waals surface area contributed by atoms with Gasteiger partial charge in [0.1, 0.15) is 0 Å². The van der Waals surface area contributed by atoms with Crippen LogP contribution < -0.4 is 10.9 Å². The lowest BCUT2D eigenvalue weighted by molar-refractivity contribution is -0.121. The van der Waals surface area contributed by atoms with Crippen LogP contribution in [0.25, 0.3) is 10.9 Å². The molecule has 0 spiro atoms. The molecule has 7 heteroatoms. The fraction of sp³-hybridized carbons (Fsp3) is 0.438. The Bertz CT molecular complexity index is 852. The zero-order valence-electron chi connectivity index (χ0n) is 12.7. The quantitative estimate of drug-likeness (QED) is 0.696. The summed E-state index contributed by atoms with van der Waals surface area (Å²) in [4.78, 5) is 27.4. The lowest BCUT2D eigenvalue weighted by Gasteiger charge is -2.13. The number of nitrogens with zero attached hydrogens (tertiary/aromatic N) is 1. The third-order valence-electron chi connectivity index (χ3n) is 4.40. The van der Waals surface area contributed by atoms with Crippen molar-refractivity contribution in [2.75, 3.05) is 13.2 Å². The maximum Gasteiger partial charge on any atom is 0.262 e. The molecule has 0 saturated heterocycles. The monoisotopic (exact) mass is 333 g/mol. The number of rotatable bonds is 6. The van der Waals surface area contributed by atoms with Crippen molar-refractivity contribution in [3.8, 4) is 0 Å². The van der Waals surface area contributed by atoms with Gasteiger partial charge in [-0.1, -0.05) is 12.1 Å². The molecule has 1 aromatic heterocycles. The summed E-state index contributed by atoms with van der Waals surface area (Å²) in [6.45, 7) is 0.821. The molecule has 6 nitrogen and oxygen atoms in total. The smallest absolute Gasteiger partial charge is 0.262 e. The molecule has 122 valence electrons. The van der Waals surface area contributed by atoms with Crippen LogP contribution >= 0.6 is 12.2 Å². The van der Waals surface area contributed by atoms with Gasteiger partial charge in [-0.3, -0.25) is 14.2 Å². The van der Waals surface area contributed by atoms with E-state index in [4.69, 9.17) is 12.2 Å². The maximum atomic E-state index is 12.4. The van der Waals surface area contributed by atoms with Crippen molar-refractivity contribution < 1.29 is 9.90 Å². The van der Waals surface area contributed by atoms with E-state index in [0.29, 0.717) is 22.2 Å². The van der Waals surface area contributed by atoms with Crippen LogP contribution in [-0.4, -0.2) is 33.7 Å². The van der Waals surface area contributed by atoms with Crippen LogP contribution in [0.5, 0.6) is 0 Å². The van der Waals surface area contributed by atoms with Gasteiger partial charge < -0.3 is 15.4 Å². The summed E-state index contributed by atoms with van der Waals surface area (Å²) in [5.41, 5.74) is 0.389. The van der Waals surface area contributed by atoms with E-state index >= 15 is 0 Å². The average Bonchev–Trinajstić information content (AvgIpc) is 3.33. The summed E-state index contributed by atoms with van der Waals surface area (Å²) in [6.07, 6.45) is 2.07. The molecular weight excluding hydrogens is 314 g/mol. The number of aliphatic hydroxyl groups is 1. The molecular formula is C16H19N3O3S. The zero-order valence-corrected chi connectivity index (χ0v) is 13.5. The third-order valence-corrected chi connectivity index (χ3v) is 4.73. The Morgan fingerprint density at radius 3 is 2.83 bits per heavy atom. The molecule has 0 radical (unpaired) electrons. The number of carbonyl (C=O) groups excluding carboxylic acids is 1. The van der Waals surface area contributed by atoms with E-state index in [9.17, 15) is 14.7 Å². The number of carbonyl (C=O) groups is 1. The van der Waals surface area contributed by atoms with Gasteiger partial charge in [-0.15, -0.1) is 0 Å². The number of aromatic nitrogens is 2. The van der Waals surface area contributed by atoms with Crippen molar-refractivity contribution in [3.63, 3.8) is 0 Å². The molecule has 1 fully saturated rings. The van der Waals surface area contributed by atoms with Crippen LogP contribution in [0.1, 0.15) is 19.3 Å². The molecule has 0 unspecified atom stereocenters. The van der Waals surface area contributed by atoms with Crippen molar-refractivity contribution in [1.82, 2.24) is 14.9 Å². The summed E-state index contributed by atoms with van der Waals surface area (Å²) in [7, 11) is 0. The number of fused-ring (bicyclic) bond motifs is 1. The SMILES string of the molecule is O=C(CCn1c(=S)[nH]c2ccccc2c1=O)NCC1(CO)CC1. The van der Waals surface area contributed by atoms with E-state index in [1.165, 1.54) is 4.57 Å². The summed E-state index contributed by atoms with van der Waals surface area (Å²) in [6, 6.07) is 7.16. The minimum atomic E-state index is -0.189. The summed E-state index contributed by atoms with van der Waals surface area (Å²) >= 11 is 5.21. The van der Waals surface area contributed by atoms with E-state index in [0.717, 1.165) is 12.8 Å². The number of H-pyrrole nitrogens is 1. The Balaban J connectivity index is 1.68. The van der Waals surface area contributed by atoms with Crippen molar-refractivity contribution in [2.24, 2.45) is 5.41 Å². The fourth-order valence-electron chi connectivity index (χ4n) is 2.56. The Hall–Kier alpha value is -1.99. The van der Waals surface area contributed by atoms with Gasteiger partial charge in [0.05, 0.1) is 17.5 Å². The lowest BCUT2D eigenvalue weighted by Crippen LogP contribution is -2.33. The highest BCUT2D eigenvalue weighted by atomic mass is 32.1. The first-order valence-corrected chi connectivity index (χ1v) is 8.05. The molecule has 0 aliphatic heterocycles. The van der Waals surface area contributed by atoms with E-state index < -0.39 is 0 Å². The van der Waals surface area contributed by atoms with Crippen molar-refractivity contribution in [1.29, 1.82) is 0 Å². The summed E-state index contributed by atoms with van der Waals surface area (Å²) in [5, 5.41) is 12.6. The predicted octanol–water partition coefficient (Wildman–Crippen LogP) is 1.34. The molecule has 3 rings (SSSR count). The third kappa shape index (κ3) is 3.35. The molecule has 1 aromatic carbocycles. The highest BCUT2D eigenvalue weighted by molar-refractivity contribution is 7.71. The molecule has 2 aromatic rings. The Kier molecular flexibility index (Phi) is 4.32. The van der Waals surface area contributed by atoms with Gasteiger partial charge in [0.25, 0.3) is 5.56 Å². The largest absolute Gasteiger partial charge is 0.396 e. The van der Waals surface area contributed by atoms with Gasteiger partial charge in [0.2, 0.25) is 5.91 Å². The second kappa shape index (κ2) is 6.25. The van der Waals surface area contributed by atoms with Gasteiger partial charge >= 0.3 is 0 Å². The number of benzene rings is 1. The van der Waals surface area contributed by atoms with Crippen LogP contribution in [0.3, 0.4) is 0 Å². The average molecular weight is 333 g/mol. The standard InChI is InChI=1S/C16H19N3O3S/c20-10-16(6-7-16)9-17-13(21)5-8-19-14(22)11-3-1-2-4-12(11)18-15(19)23/h1-4,20H,5-10H2,(H,17,21)(H,18,23). The van der Waals surface area contributed by atoms with Gasteiger partial charge in [0, 0.05) is 24.9 Å². The van der Waals surface area contributed by atoms with Crippen molar-refractivity contribution in [2.45, 2.75) is 25.8 Å². The highest BCUT2D eigenvalue weighted by Crippen LogP contribution is 2.44. The van der Waals surface area contributed by atoms with Gasteiger partial charge in [-0.05, 0) is 37.2 Å². The molecule has 3 N–H and O–H groups in total. The first kappa shape index (κ1) is 15.9.